The first-order valence-corrected chi connectivity index (χ1v) is 19.7. The summed E-state index contributed by atoms with van der Waals surface area (Å²) >= 11 is 0. The Kier molecular flexibility index (Phi) is 8.20. The van der Waals surface area contributed by atoms with E-state index in [0.717, 1.165) is 33.8 Å². The Morgan fingerprint density at radius 1 is 0.385 bits per heavy atom. The summed E-state index contributed by atoms with van der Waals surface area (Å²) in [5.41, 5.74) is 7.84. The Morgan fingerprint density at radius 2 is 0.923 bits per heavy atom. The monoisotopic (exact) mass is 681 g/mol. The van der Waals surface area contributed by atoms with Gasteiger partial charge in [0.1, 0.15) is 5.82 Å². The van der Waals surface area contributed by atoms with E-state index in [-0.39, 0.29) is 0 Å². The quantitative estimate of drug-likeness (QED) is 0.119. The van der Waals surface area contributed by atoms with Crippen LogP contribution in [0.4, 0.5) is 0 Å². The maximum absolute atomic E-state index is 4.97. The minimum absolute atomic E-state index is 0.884. The number of benzene rings is 6. The molecular formula is C48H35N3Si. The van der Waals surface area contributed by atoms with Crippen LogP contribution in [0.15, 0.2) is 213 Å². The van der Waals surface area contributed by atoms with Gasteiger partial charge in [0.05, 0.1) is 16.9 Å². The fraction of sp³-hybridized carbons (Fsp3) is 0. The molecule has 3 aromatic heterocycles. The number of nitrogens with zero attached hydrogens (tertiary/aromatic N) is 3. The molecule has 0 saturated heterocycles. The van der Waals surface area contributed by atoms with Crippen molar-refractivity contribution in [1.82, 2.24) is 14.5 Å². The minimum atomic E-state index is -2.93. The van der Waals surface area contributed by atoms with Gasteiger partial charge < -0.3 is 0 Å². The van der Waals surface area contributed by atoms with Gasteiger partial charge in [0, 0.05) is 28.9 Å². The summed E-state index contributed by atoms with van der Waals surface area (Å²) in [6, 6.07) is 72.3. The zero-order chi connectivity index (χ0) is 34.7. The normalized spacial score (nSPS) is 11.5. The van der Waals surface area contributed by atoms with E-state index in [1.807, 2.05) is 24.5 Å². The molecule has 52 heavy (non-hydrogen) atoms. The highest BCUT2D eigenvalue weighted by Crippen LogP contribution is 2.42. The molecule has 0 radical (unpaired) electrons. The average Bonchev–Trinajstić information content (AvgIpc) is 3.58. The maximum Gasteiger partial charge on any atom is 0.179 e. The predicted molar refractivity (Wildman–Crippen MR) is 219 cm³/mol. The number of fused-ring (bicyclic) bond motifs is 1. The Balaban J connectivity index is 1.43. The van der Waals surface area contributed by atoms with Crippen LogP contribution in [0.25, 0.3) is 50.4 Å². The van der Waals surface area contributed by atoms with Crippen LogP contribution in [0, 0.1) is 0 Å². The molecule has 0 atom stereocenters. The molecule has 6 aromatic carbocycles. The van der Waals surface area contributed by atoms with Crippen molar-refractivity contribution in [2.45, 2.75) is 0 Å². The summed E-state index contributed by atoms with van der Waals surface area (Å²) in [5.74, 6) is 0.884. The van der Waals surface area contributed by atoms with Gasteiger partial charge in [-0.3, -0.25) is 9.55 Å². The van der Waals surface area contributed by atoms with Crippen molar-refractivity contribution in [3.8, 4) is 39.5 Å². The lowest BCUT2D eigenvalue weighted by Crippen LogP contribution is -2.74. The Hall–Kier alpha value is -6.62. The van der Waals surface area contributed by atoms with Gasteiger partial charge in [-0.1, -0.05) is 170 Å². The molecule has 0 N–H and O–H groups in total. The predicted octanol–water partition coefficient (Wildman–Crippen LogP) is 8.80. The summed E-state index contributed by atoms with van der Waals surface area (Å²) < 4.78 is 2.37. The lowest BCUT2D eigenvalue weighted by molar-refractivity contribution is 1.05. The molecular weight excluding hydrogens is 647 g/mol. The van der Waals surface area contributed by atoms with Crippen LogP contribution in [0.1, 0.15) is 0 Å². The molecule has 0 spiro atoms. The van der Waals surface area contributed by atoms with Crippen LogP contribution in [-0.4, -0.2) is 22.6 Å². The van der Waals surface area contributed by atoms with Crippen LogP contribution in [0.5, 0.6) is 0 Å². The van der Waals surface area contributed by atoms with Crippen molar-refractivity contribution in [2.75, 3.05) is 0 Å². The molecule has 0 aliphatic rings. The summed E-state index contributed by atoms with van der Waals surface area (Å²) in [5, 5.41) is 6.42. The lowest BCUT2D eigenvalue weighted by atomic mass is 9.98. The van der Waals surface area contributed by atoms with Crippen LogP contribution in [-0.2, 0) is 0 Å². The first kappa shape index (κ1) is 31.4. The highest BCUT2D eigenvalue weighted by Gasteiger charge is 2.42. The molecule has 246 valence electrons. The topological polar surface area (TPSA) is 30.7 Å². The Labute approximate surface area is 305 Å². The molecule has 0 aliphatic carbocycles. The van der Waals surface area contributed by atoms with E-state index in [1.165, 1.54) is 37.3 Å². The SMILES string of the molecule is c1ccc(-c2c(-c3ccccc3)n(-c3ccccn3)c3cc([Si](c4ccccc4)(c4ccccc4)c4cccc(-c5ccccn5)c4)ccc23)cc1. The molecule has 0 bridgehead atoms. The van der Waals surface area contributed by atoms with Gasteiger partial charge in [-0.15, -0.1) is 0 Å². The fourth-order valence-electron chi connectivity index (χ4n) is 7.83. The van der Waals surface area contributed by atoms with Crippen molar-refractivity contribution < 1.29 is 0 Å². The zero-order valence-electron chi connectivity index (χ0n) is 28.5. The third-order valence-electron chi connectivity index (χ3n) is 10.1. The third-order valence-corrected chi connectivity index (χ3v) is 14.8. The van der Waals surface area contributed by atoms with Crippen LogP contribution in [0.2, 0.25) is 0 Å². The van der Waals surface area contributed by atoms with Crippen molar-refractivity contribution >= 4 is 39.7 Å². The van der Waals surface area contributed by atoms with Crippen LogP contribution in [0.3, 0.4) is 0 Å². The second-order valence-corrected chi connectivity index (χ2v) is 16.8. The molecule has 0 fully saturated rings. The van der Waals surface area contributed by atoms with Crippen molar-refractivity contribution in [2.24, 2.45) is 0 Å². The first-order valence-electron chi connectivity index (χ1n) is 17.7. The smallest absolute Gasteiger partial charge is 0.179 e. The van der Waals surface area contributed by atoms with E-state index < -0.39 is 8.07 Å². The summed E-state index contributed by atoms with van der Waals surface area (Å²) in [4.78, 5) is 9.72. The Morgan fingerprint density at radius 3 is 1.54 bits per heavy atom. The number of aromatic nitrogens is 3. The second kappa shape index (κ2) is 13.6. The van der Waals surface area contributed by atoms with Gasteiger partial charge in [-0.05, 0) is 62.2 Å². The average molecular weight is 682 g/mol. The fourth-order valence-corrected chi connectivity index (χ4v) is 12.6. The van der Waals surface area contributed by atoms with E-state index in [9.17, 15) is 0 Å². The van der Waals surface area contributed by atoms with Crippen LogP contribution >= 0.6 is 0 Å². The molecule has 3 nitrogen and oxygen atoms in total. The van der Waals surface area contributed by atoms with E-state index >= 15 is 0 Å². The van der Waals surface area contributed by atoms with Gasteiger partial charge in [0.25, 0.3) is 0 Å². The molecule has 0 unspecified atom stereocenters. The molecule has 0 aliphatic heterocycles. The lowest BCUT2D eigenvalue weighted by Gasteiger charge is -2.35. The molecule has 0 amide bonds. The first-order chi connectivity index (χ1) is 25.8. The summed E-state index contributed by atoms with van der Waals surface area (Å²) in [7, 11) is -2.93. The number of hydrogen-bond donors (Lipinski definition) is 0. The minimum Gasteiger partial charge on any atom is -0.293 e. The van der Waals surface area contributed by atoms with E-state index in [4.69, 9.17) is 9.97 Å². The number of hydrogen-bond acceptors (Lipinski definition) is 2. The number of rotatable bonds is 8. The molecule has 9 aromatic rings. The van der Waals surface area contributed by atoms with Crippen molar-refractivity contribution in [3.63, 3.8) is 0 Å². The van der Waals surface area contributed by atoms with Gasteiger partial charge in [-0.2, -0.15) is 0 Å². The highest BCUT2D eigenvalue weighted by molar-refractivity contribution is 7.20. The van der Waals surface area contributed by atoms with E-state index in [1.54, 1.807) is 0 Å². The highest BCUT2D eigenvalue weighted by atomic mass is 28.3. The zero-order valence-corrected chi connectivity index (χ0v) is 29.5. The van der Waals surface area contributed by atoms with Gasteiger partial charge >= 0.3 is 0 Å². The van der Waals surface area contributed by atoms with Gasteiger partial charge in [-0.25, -0.2) is 4.98 Å². The van der Waals surface area contributed by atoms with E-state index in [0.29, 0.717) is 0 Å². The van der Waals surface area contributed by atoms with Crippen molar-refractivity contribution in [1.29, 1.82) is 0 Å². The largest absolute Gasteiger partial charge is 0.293 e. The second-order valence-electron chi connectivity index (χ2n) is 13.0. The van der Waals surface area contributed by atoms with Gasteiger partial charge in [0.15, 0.2) is 8.07 Å². The van der Waals surface area contributed by atoms with Gasteiger partial charge in [0.2, 0.25) is 0 Å². The van der Waals surface area contributed by atoms with Crippen LogP contribution < -0.4 is 20.7 Å². The summed E-state index contributed by atoms with van der Waals surface area (Å²) in [6.45, 7) is 0. The number of pyridine rings is 2. The summed E-state index contributed by atoms with van der Waals surface area (Å²) in [6.07, 6.45) is 3.76. The van der Waals surface area contributed by atoms with Crippen molar-refractivity contribution in [3.05, 3.63) is 213 Å². The molecule has 0 saturated carbocycles. The molecule has 9 rings (SSSR count). The standard InChI is InChI=1S/C48H35N3Si/c1-5-18-36(19-6-1)47-43-31-30-42(35-45(43)51(46-29-14-16-33-50-46)48(47)37-20-7-2-8-21-37)52(39-23-9-3-10-24-39,40-25-11-4-12-26-40)41-27-17-22-38(34-41)44-28-13-15-32-49-44/h1-35H. The molecule has 3 heterocycles. The van der Waals surface area contributed by atoms with E-state index in [2.05, 4.69) is 193 Å². The maximum atomic E-state index is 4.97. The molecule has 4 heteroatoms. The Bertz CT molecular complexity index is 2550. The third kappa shape index (κ3) is 5.38.